The van der Waals surface area contributed by atoms with Crippen LogP contribution in [-0.2, 0) is 4.74 Å². The molecule has 4 nitrogen and oxygen atoms in total. The fourth-order valence-electron chi connectivity index (χ4n) is 2.14. The van der Waals surface area contributed by atoms with E-state index in [-0.39, 0.29) is 12.1 Å². The zero-order chi connectivity index (χ0) is 14.3. The summed E-state index contributed by atoms with van der Waals surface area (Å²) in [6.07, 6.45) is 6.29. The van der Waals surface area contributed by atoms with Gasteiger partial charge in [0.2, 0.25) is 5.88 Å². The highest BCUT2D eigenvalue weighted by atomic mass is 16.5. The summed E-state index contributed by atoms with van der Waals surface area (Å²) in [4.78, 5) is 15.8. The third-order valence-electron chi connectivity index (χ3n) is 3.09. The van der Waals surface area contributed by atoms with Crippen LogP contribution in [0, 0.1) is 6.92 Å². The SMILES string of the molecule is CC.COC(=O)c1c(C)ccnc1OC1CCCC1. The summed E-state index contributed by atoms with van der Waals surface area (Å²) in [6.45, 7) is 5.86. The molecular formula is C15H23NO3. The second-order valence-corrected chi connectivity index (χ2v) is 4.32. The van der Waals surface area contributed by atoms with Crippen molar-refractivity contribution in [3.05, 3.63) is 23.4 Å². The molecule has 1 fully saturated rings. The van der Waals surface area contributed by atoms with Gasteiger partial charge in [0.25, 0.3) is 0 Å². The summed E-state index contributed by atoms with van der Waals surface area (Å²) in [5, 5.41) is 0. The standard InChI is InChI=1S/C13H17NO3.C2H6/c1-9-7-8-14-12(11(9)13(15)16-2)17-10-5-3-4-6-10;1-2/h7-8,10H,3-6H2,1-2H3;1-2H3. The van der Waals surface area contributed by atoms with E-state index in [0.29, 0.717) is 11.4 Å². The molecule has 0 atom stereocenters. The van der Waals surface area contributed by atoms with E-state index in [2.05, 4.69) is 4.98 Å². The molecule has 0 N–H and O–H groups in total. The molecule has 0 bridgehead atoms. The number of aromatic nitrogens is 1. The zero-order valence-electron chi connectivity index (χ0n) is 12.2. The molecule has 0 aliphatic heterocycles. The van der Waals surface area contributed by atoms with E-state index in [9.17, 15) is 4.79 Å². The Morgan fingerprint density at radius 2 is 1.95 bits per heavy atom. The number of methoxy groups -OCH3 is 1. The van der Waals surface area contributed by atoms with Crippen LogP contribution >= 0.6 is 0 Å². The number of ether oxygens (including phenoxy) is 2. The Bertz CT molecular complexity index is 412. The third-order valence-corrected chi connectivity index (χ3v) is 3.09. The van der Waals surface area contributed by atoms with Crippen molar-refractivity contribution in [1.29, 1.82) is 0 Å². The topological polar surface area (TPSA) is 48.4 Å². The highest BCUT2D eigenvalue weighted by molar-refractivity contribution is 5.93. The van der Waals surface area contributed by atoms with Gasteiger partial charge in [0.15, 0.2) is 0 Å². The average Bonchev–Trinajstić information content (AvgIpc) is 2.93. The summed E-state index contributed by atoms with van der Waals surface area (Å²) in [6, 6.07) is 1.79. The fraction of sp³-hybridized carbons (Fsp3) is 0.600. The van der Waals surface area contributed by atoms with E-state index >= 15 is 0 Å². The van der Waals surface area contributed by atoms with Crippen LogP contribution < -0.4 is 4.74 Å². The number of aryl methyl sites for hydroxylation is 1. The highest BCUT2D eigenvalue weighted by Gasteiger charge is 2.22. The van der Waals surface area contributed by atoms with Gasteiger partial charge in [-0.05, 0) is 44.2 Å². The molecule has 106 valence electrons. The van der Waals surface area contributed by atoms with Crippen LogP contribution in [-0.4, -0.2) is 24.2 Å². The van der Waals surface area contributed by atoms with Gasteiger partial charge in [0.05, 0.1) is 7.11 Å². The predicted octanol–water partition coefficient (Wildman–Crippen LogP) is 3.52. The molecule has 4 heteroatoms. The van der Waals surface area contributed by atoms with Gasteiger partial charge >= 0.3 is 5.97 Å². The second kappa shape index (κ2) is 7.77. The van der Waals surface area contributed by atoms with Crippen LogP contribution in [0.1, 0.15) is 55.5 Å². The van der Waals surface area contributed by atoms with Crippen molar-refractivity contribution in [3.63, 3.8) is 0 Å². The Morgan fingerprint density at radius 3 is 2.53 bits per heavy atom. The van der Waals surface area contributed by atoms with Crippen molar-refractivity contribution in [1.82, 2.24) is 4.98 Å². The van der Waals surface area contributed by atoms with Gasteiger partial charge in [-0.15, -0.1) is 0 Å². The molecule has 0 spiro atoms. The minimum atomic E-state index is -0.386. The molecule has 1 aromatic heterocycles. The van der Waals surface area contributed by atoms with Crippen molar-refractivity contribution >= 4 is 5.97 Å². The maximum absolute atomic E-state index is 11.7. The summed E-state index contributed by atoms with van der Waals surface area (Å²) in [5.74, 6) is 0.0207. The predicted molar refractivity (Wildman–Crippen MR) is 74.5 cm³/mol. The van der Waals surface area contributed by atoms with E-state index in [0.717, 1.165) is 18.4 Å². The van der Waals surface area contributed by atoms with E-state index < -0.39 is 0 Å². The Balaban J connectivity index is 0.000000861. The first kappa shape index (κ1) is 15.5. The number of esters is 1. The number of carbonyl (C=O) groups is 1. The maximum atomic E-state index is 11.7. The van der Waals surface area contributed by atoms with Gasteiger partial charge in [-0.25, -0.2) is 9.78 Å². The van der Waals surface area contributed by atoms with Crippen molar-refractivity contribution in [2.24, 2.45) is 0 Å². The Kier molecular flexibility index (Phi) is 6.33. The number of nitrogens with zero attached hydrogens (tertiary/aromatic N) is 1. The van der Waals surface area contributed by atoms with Gasteiger partial charge in [-0.1, -0.05) is 13.8 Å². The molecule has 1 aliphatic rings. The van der Waals surface area contributed by atoms with Gasteiger partial charge in [-0.2, -0.15) is 0 Å². The minimum Gasteiger partial charge on any atom is -0.474 e. The van der Waals surface area contributed by atoms with Crippen molar-refractivity contribution in [2.75, 3.05) is 7.11 Å². The number of pyridine rings is 1. The summed E-state index contributed by atoms with van der Waals surface area (Å²) >= 11 is 0. The van der Waals surface area contributed by atoms with Crippen molar-refractivity contribution < 1.29 is 14.3 Å². The van der Waals surface area contributed by atoms with Crippen LogP contribution in [0.4, 0.5) is 0 Å². The molecule has 0 aromatic carbocycles. The zero-order valence-corrected chi connectivity index (χ0v) is 12.2. The first-order valence-electron chi connectivity index (χ1n) is 6.93. The molecule has 1 heterocycles. The minimum absolute atomic E-state index is 0.188. The largest absolute Gasteiger partial charge is 0.474 e. The quantitative estimate of drug-likeness (QED) is 0.784. The molecule has 1 saturated carbocycles. The molecule has 0 unspecified atom stereocenters. The van der Waals surface area contributed by atoms with E-state index in [1.807, 2.05) is 20.8 Å². The van der Waals surface area contributed by atoms with Crippen LogP contribution in [0.3, 0.4) is 0 Å². The summed E-state index contributed by atoms with van der Waals surface area (Å²) < 4.78 is 10.6. The second-order valence-electron chi connectivity index (χ2n) is 4.32. The van der Waals surface area contributed by atoms with Gasteiger partial charge in [0, 0.05) is 6.20 Å². The lowest BCUT2D eigenvalue weighted by molar-refractivity contribution is 0.0590. The highest BCUT2D eigenvalue weighted by Crippen LogP contribution is 2.26. The molecule has 1 aliphatic carbocycles. The van der Waals surface area contributed by atoms with Gasteiger partial charge < -0.3 is 9.47 Å². The number of hydrogen-bond donors (Lipinski definition) is 0. The first-order valence-corrected chi connectivity index (χ1v) is 6.93. The van der Waals surface area contributed by atoms with Crippen molar-refractivity contribution in [3.8, 4) is 5.88 Å². The molecule has 0 saturated heterocycles. The lowest BCUT2D eigenvalue weighted by Gasteiger charge is -2.15. The lowest BCUT2D eigenvalue weighted by Crippen LogP contribution is -2.16. The molecule has 19 heavy (non-hydrogen) atoms. The first-order chi connectivity index (χ1) is 9.22. The number of carbonyl (C=O) groups excluding carboxylic acids is 1. The van der Waals surface area contributed by atoms with E-state index in [1.54, 1.807) is 12.3 Å². The van der Waals surface area contributed by atoms with Gasteiger partial charge in [0.1, 0.15) is 11.7 Å². The normalized spacial score (nSPS) is 14.5. The lowest BCUT2D eigenvalue weighted by atomic mass is 10.1. The van der Waals surface area contributed by atoms with Crippen LogP contribution in [0.15, 0.2) is 12.3 Å². The summed E-state index contributed by atoms with van der Waals surface area (Å²) in [5.41, 5.74) is 1.28. The molecule has 2 rings (SSSR count). The molecular weight excluding hydrogens is 242 g/mol. The molecule has 1 aromatic rings. The van der Waals surface area contributed by atoms with E-state index in [1.165, 1.54) is 20.0 Å². The fourth-order valence-corrected chi connectivity index (χ4v) is 2.14. The monoisotopic (exact) mass is 265 g/mol. The average molecular weight is 265 g/mol. The third kappa shape index (κ3) is 3.94. The van der Waals surface area contributed by atoms with Gasteiger partial charge in [-0.3, -0.25) is 0 Å². The van der Waals surface area contributed by atoms with Crippen LogP contribution in [0.2, 0.25) is 0 Å². The van der Waals surface area contributed by atoms with Crippen LogP contribution in [0.25, 0.3) is 0 Å². The Hall–Kier alpha value is -1.58. The van der Waals surface area contributed by atoms with E-state index in [4.69, 9.17) is 9.47 Å². The maximum Gasteiger partial charge on any atom is 0.343 e. The Morgan fingerprint density at radius 1 is 1.32 bits per heavy atom. The van der Waals surface area contributed by atoms with Crippen molar-refractivity contribution in [2.45, 2.75) is 52.6 Å². The van der Waals surface area contributed by atoms with Crippen LogP contribution in [0.5, 0.6) is 5.88 Å². The molecule has 0 amide bonds. The Labute approximate surface area is 115 Å². The number of rotatable bonds is 3. The molecule has 0 radical (unpaired) electrons. The number of hydrogen-bond acceptors (Lipinski definition) is 4. The summed E-state index contributed by atoms with van der Waals surface area (Å²) in [7, 11) is 1.37. The smallest absolute Gasteiger partial charge is 0.343 e.